The van der Waals surface area contributed by atoms with Gasteiger partial charge in [-0.2, -0.15) is 0 Å². The number of aromatic nitrogens is 1. The summed E-state index contributed by atoms with van der Waals surface area (Å²) in [6.07, 6.45) is 4.93. The predicted octanol–water partition coefficient (Wildman–Crippen LogP) is 4.28. The number of nitrogens with zero attached hydrogens (tertiary/aromatic N) is 1. The Hall–Kier alpha value is -3.09. The Labute approximate surface area is 162 Å². The Kier molecular flexibility index (Phi) is 4.66. The van der Waals surface area contributed by atoms with Gasteiger partial charge in [-0.05, 0) is 62.9 Å². The molecule has 0 radical (unpaired) electrons. The van der Waals surface area contributed by atoms with E-state index in [0.717, 1.165) is 49.3 Å². The minimum absolute atomic E-state index is 0.102. The Morgan fingerprint density at radius 2 is 1.96 bits per heavy atom. The first-order chi connectivity index (χ1) is 13.4. The molecule has 0 bridgehead atoms. The van der Waals surface area contributed by atoms with Crippen LogP contribution in [0.4, 0.5) is 20.6 Å². The summed E-state index contributed by atoms with van der Waals surface area (Å²) in [6.45, 7) is 5.31. The molecule has 0 unspecified atom stereocenters. The number of hydrogen-bond acceptors (Lipinski definition) is 2. The zero-order valence-corrected chi connectivity index (χ0v) is 16.0. The Morgan fingerprint density at radius 1 is 1.21 bits per heavy atom. The molecule has 0 spiro atoms. The van der Waals surface area contributed by atoms with Crippen molar-refractivity contribution in [2.45, 2.75) is 33.1 Å². The van der Waals surface area contributed by atoms with Gasteiger partial charge in [-0.25, -0.2) is 9.18 Å². The van der Waals surface area contributed by atoms with Crippen molar-refractivity contribution >= 4 is 35.0 Å². The second-order valence-corrected chi connectivity index (χ2v) is 7.34. The van der Waals surface area contributed by atoms with E-state index in [9.17, 15) is 14.0 Å². The van der Waals surface area contributed by atoms with E-state index in [0.29, 0.717) is 22.5 Å². The molecular weight excluding hydrogens is 359 g/mol. The van der Waals surface area contributed by atoms with Crippen LogP contribution in [0.3, 0.4) is 0 Å². The lowest BCUT2D eigenvalue weighted by molar-refractivity contribution is -0.110. The maximum Gasteiger partial charge on any atom is 0.321 e. The van der Waals surface area contributed by atoms with Crippen molar-refractivity contribution in [3.63, 3.8) is 0 Å². The molecule has 2 aromatic rings. The average molecular weight is 382 g/mol. The molecule has 0 saturated carbocycles. The zero-order valence-electron chi connectivity index (χ0n) is 16.0. The highest BCUT2D eigenvalue weighted by Gasteiger charge is 2.26. The van der Waals surface area contributed by atoms with Crippen LogP contribution >= 0.6 is 0 Å². The molecule has 0 aliphatic carbocycles. The number of likely N-dealkylation sites (tertiary alicyclic amines) is 1. The minimum Gasteiger partial charge on any atom is -0.357 e. The van der Waals surface area contributed by atoms with Gasteiger partial charge in [0, 0.05) is 35.7 Å². The normalized spacial score (nSPS) is 17.6. The number of hydrogen-bond donors (Lipinski definition) is 3. The number of carbonyl (C=O) groups is 2. The third-order valence-electron chi connectivity index (χ3n) is 5.40. The quantitative estimate of drug-likeness (QED) is 0.678. The van der Waals surface area contributed by atoms with E-state index in [1.807, 2.05) is 18.7 Å². The van der Waals surface area contributed by atoms with E-state index in [1.54, 1.807) is 12.1 Å². The number of anilines is 2. The summed E-state index contributed by atoms with van der Waals surface area (Å²) in [4.78, 5) is 30.0. The van der Waals surface area contributed by atoms with Crippen molar-refractivity contribution < 1.29 is 14.0 Å². The maximum absolute atomic E-state index is 13.6. The summed E-state index contributed by atoms with van der Waals surface area (Å²) >= 11 is 0. The van der Waals surface area contributed by atoms with Crippen LogP contribution in [0.15, 0.2) is 18.2 Å². The van der Waals surface area contributed by atoms with Crippen molar-refractivity contribution in [2.75, 3.05) is 23.7 Å². The highest BCUT2D eigenvalue weighted by atomic mass is 19.1. The first-order valence-corrected chi connectivity index (χ1v) is 9.52. The number of aryl methyl sites for hydroxylation is 1. The number of piperidine rings is 1. The molecule has 3 N–H and O–H groups in total. The number of amides is 3. The molecule has 1 saturated heterocycles. The molecule has 3 heterocycles. The number of halogens is 1. The fourth-order valence-corrected chi connectivity index (χ4v) is 3.84. The van der Waals surface area contributed by atoms with E-state index < -0.39 is 5.82 Å². The Balaban J connectivity index is 1.63. The molecule has 6 nitrogen and oxygen atoms in total. The molecule has 1 fully saturated rings. The van der Waals surface area contributed by atoms with Crippen LogP contribution in [-0.4, -0.2) is 34.9 Å². The van der Waals surface area contributed by atoms with Gasteiger partial charge in [0.15, 0.2) is 0 Å². The Morgan fingerprint density at radius 3 is 2.71 bits per heavy atom. The molecule has 7 heteroatoms. The van der Waals surface area contributed by atoms with Crippen LogP contribution in [0.25, 0.3) is 11.6 Å². The van der Waals surface area contributed by atoms with E-state index in [-0.39, 0.29) is 11.9 Å². The van der Waals surface area contributed by atoms with Crippen molar-refractivity contribution in [2.24, 2.45) is 0 Å². The molecule has 146 valence electrons. The average Bonchev–Trinajstić information content (AvgIpc) is 3.13. The van der Waals surface area contributed by atoms with E-state index >= 15 is 0 Å². The number of nitrogens with one attached hydrogen (secondary N) is 3. The first kappa shape index (κ1) is 18.3. The summed E-state index contributed by atoms with van der Waals surface area (Å²) in [7, 11) is 0. The van der Waals surface area contributed by atoms with Crippen molar-refractivity contribution in [1.82, 2.24) is 9.88 Å². The number of fused-ring (bicyclic) bond motifs is 1. The van der Waals surface area contributed by atoms with Gasteiger partial charge in [0.05, 0.1) is 11.3 Å². The first-order valence-electron chi connectivity index (χ1n) is 9.52. The number of rotatable bonds is 2. The van der Waals surface area contributed by atoms with Gasteiger partial charge < -0.3 is 20.5 Å². The molecule has 2 aliphatic rings. The standard InChI is InChI=1S/C21H23FN4O2/c1-12-18(11-16-15-10-14(22)6-7-17(15)24-20(16)27)23-13(2)19(12)25-21(28)26-8-4-3-5-9-26/h6-7,10-11,23H,3-5,8-9H2,1-2H3,(H,24,27)(H,25,28)/b16-11-. The van der Waals surface area contributed by atoms with E-state index in [2.05, 4.69) is 15.6 Å². The van der Waals surface area contributed by atoms with Crippen LogP contribution in [0.1, 0.15) is 41.8 Å². The lowest BCUT2D eigenvalue weighted by Crippen LogP contribution is -2.38. The van der Waals surface area contributed by atoms with Crippen LogP contribution in [0, 0.1) is 19.7 Å². The summed E-state index contributed by atoms with van der Waals surface area (Å²) in [5.74, 6) is -0.666. The van der Waals surface area contributed by atoms with Gasteiger partial charge in [0.25, 0.3) is 5.91 Å². The number of H-pyrrole nitrogens is 1. The van der Waals surface area contributed by atoms with Crippen LogP contribution < -0.4 is 10.6 Å². The molecular formula is C21H23FN4O2. The lowest BCUT2D eigenvalue weighted by Gasteiger charge is -2.26. The molecule has 0 atom stereocenters. The van der Waals surface area contributed by atoms with Gasteiger partial charge in [0.1, 0.15) is 5.82 Å². The van der Waals surface area contributed by atoms with Gasteiger partial charge >= 0.3 is 6.03 Å². The van der Waals surface area contributed by atoms with Gasteiger partial charge in [0.2, 0.25) is 0 Å². The van der Waals surface area contributed by atoms with Crippen molar-refractivity contribution in [3.8, 4) is 0 Å². The number of urea groups is 1. The van der Waals surface area contributed by atoms with Crippen LogP contribution in [0.5, 0.6) is 0 Å². The highest BCUT2D eigenvalue weighted by Crippen LogP contribution is 2.35. The van der Waals surface area contributed by atoms with Gasteiger partial charge in [-0.3, -0.25) is 4.79 Å². The predicted molar refractivity (Wildman–Crippen MR) is 108 cm³/mol. The van der Waals surface area contributed by atoms with Crippen LogP contribution in [-0.2, 0) is 4.79 Å². The third kappa shape index (κ3) is 3.28. The molecule has 3 amide bonds. The molecule has 1 aromatic carbocycles. The molecule has 4 rings (SSSR count). The molecule has 28 heavy (non-hydrogen) atoms. The summed E-state index contributed by atoms with van der Waals surface area (Å²) < 4.78 is 13.6. The summed E-state index contributed by atoms with van der Waals surface area (Å²) in [5.41, 5.74) is 4.62. The smallest absolute Gasteiger partial charge is 0.321 e. The largest absolute Gasteiger partial charge is 0.357 e. The maximum atomic E-state index is 13.6. The fraction of sp³-hybridized carbons (Fsp3) is 0.333. The number of carbonyl (C=O) groups excluding carboxylic acids is 2. The second-order valence-electron chi connectivity index (χ2n) is 7.34. The lowest BCUT2D eigenvalue weighted by atomic mass is 10.0. The summed E-state index contributed by atoms with van der Waals surface area (Å²) in [5, 5.41) is 5.75. The van der Waals surface area contributed by atoms with E-state index in [1.165, 1.54) is 12.1 Å². The van der Waals surface area contributed by atoms with Crippen molar-refractivity contribution in [3.05, 3.63) is 46.5 Å². The van der Waals surface area contributed by atoms with Crippen molar-refractivity contribution in [1.29, 1.82) is 0 Å². The van der Waals surface area contributed by atoms with Crippen LogP contribution in [0.2, 0.25) is 0 Å². The third-order valence-corrected chi connectivity index (χ3v) is 5.40. The Bertz CT molecular complexity index is 987. The number of aromatic amines is 1. The fourth-order valence-electron chi connectivity index (χ4n) is 3.84. The van der Waals surface area contributed by atoms with Gasteiger partial charge in [-0.1, -0.05) is 0 Å². The zero-order chi connectivity index (χ0) is 19.8. The molecule has 1 aromatic heterocycles. The summed E-state index contributed by atoms with van der Waals surface area (Å²) in [6, 6.07) is 4.12. The molecule has 2 aliphatic heterocycles. The monoisotopic (exact) mass is 382 g/mol. The number of benzene rings is 1. The second kappa shape index (κ2) is 7.14. The SMILES string of the molecule is Cc1[nH]c(/C=C2\C(=O)Nc3ccc(F)cc32)c(C)c1NC(=O)N1CCCCC1. The van der Waals surface area contributed by atoms with Gasteiger partial charge in [-0.15, -0.1) is 0 Å². The highest BCUT2D eigenvalue weighted by molar-refractivity contribution is 6.34. The van der Waals surface area contributed by atoms with E-state index in [4.69, 9.17) is 0 Å². The topological polar surface area (TPSA) is 77.2 Å². The minimum atomic E-state index is -0.393.